The monoisotopic (exact) mass is 271 g/mol. The third-order valence-electron chi connectivity index (χ3n) is 2.51. The molecule has 0 radical (unpaired) electrons. The van der Waals surface area contributed by atoms with Gasteiger partial charge in [0.15, 0.2) is 0 Å². The minimum Gasteiger partial charge on any atom is -0.477 e. The van der Waals surface area contributed by atoms with Crippen molar-refractivity contribution in [1.29, 1.82) is 0 Å². The third-order valence-corrected chi connectivity index (χ3v) is 3.34. The van der Waals surface area contributed by atoms with E-state index in [1.807, 2.05) is 13.0 Å². The molecule has 0 aliphatic carbocycles. The van der Waals surface area contributed by atoms with E-state index in [0.717, 1.165) is 29.7 Å². The van der Waals surface area contributed by atoms with Gasteiger partial charge in [-0.15, -0.1) is 0 Å². The summed E-state index contributed by atoms with van der Waals surface area (Å²) in [5.41, 5.74) is 1.14. The highest BCUT2D eigenvalue weighted by molar-refractivity contribution is 9.10. The quantitative estimate of drug-likeness (QED) is 0.847. The molecule has 0 saturated carbocycles. The van der Waals surface area contributed by atoms with Crippen molar-refractivity contribution in [3.05, 3.63) is 22.3 Å². The second-order valence-electron chi connectivity index (χ2n) is 3.81. The van der Waals surface area contributed by atoms with Gasteiger partial charge in [-0.2, -0.15) is 0 Å². The summed E-state index contributed by atoms with van der Waals surface area (Å²) in [5, 5.41) is 0. The Morgan fingerprint density at radius 1 is 1.67 bits per heavy atom. The van der Waals surface area contributed by atoms with Crippen LogP contribution in [0.1, 0.15) is 12.0 Å². The predicted molar refractivity (Wildman–Crippen MR) is 61.1 cm³/mol. The summed E-state index contributed by atoms with van der Waals surface area (Å²) in [6.45, 7) is 4.40. The average molecular weight is 272 g/mol. The van der Waals surface area contributed by atoms with Crippen LogP contribution in [0.3, 0.4) is 0 Å². The summed E-state index contributed by atoms with van der Waals surface area (Å²) in [6, 6.07) is 1.94. The van der Waals surface area contributed by atoms with Crippen molar-refractivity contribution < 1.29 is 9.47 Å². The van der Waals surface area contributed by atoms with Gasteiger partial charge in [-0.1, -0.05) is 0 Å². The smallest absolute Gasteiger partial charge is 0.213 e. The molecule has 1 aliphatic heterocycles. The maximum atomic E-state index is 5.61. The molecule has 2 rings (SSSR count). The fourth-order valence-electron chi connectivity index (χ4n) is 1.51. The van der Waals surface area contributed by atoms with Gasteiger partial charge in [0.05, 0.1) is 13.2 Å². The van der Waals surface area contributed by atoms with Crippen LogP contribution in [-0.4, -0.2) is 24.8 Å². The molecule has 1 saturated heterocycles. The highest BCUT2D eigenvalue weighted by atomic mass is 79.9. The molecule has 0 N–H and O–H groups in total. The van der Waals surface area contributed by atoms with Gasteiger partial charge in [0.1, 0.15) is 0 Å². The third kappa shape index (κ3) is 2.92. The van der Waals surface area contributed by atoms with E-state index in [9.17, 15) is 0 Å². The Bertz CT molecular complexity index is 337. The molecule has 1 aliphatic rings. The number of hydrogen-bond acceptors (Lipinski definition) is 3. The Morgan fingerprint density at radius 3 is 3.20 bits per heavy atom. The average Bonchev–Trinajstić information content (AvgIpc) is 2.73. The zero-order valence-corrected chi connectivity index (χ0v) is 10.3. The summed E-state index contributed by atoms with van der Waals surface area (Å²) in [7, 11) is 0. The lowest BCUT2D eigenvalue weighted by atomic mass is 10.1. The van der Waals surface area contributed by atoms with Crippen molar-refractivity contribution in [3.63, 3.8) is 0 Å². The predicted octanol–water partition coefficient (Wildman–Crippen LogP) is 2.57. The SMILES string of the molecule is Cc1cc(OCC2CCOC2)ncc1Br. The maximum absolute atomic E-state index is 5.61. The fraction of sp³-hybridized carbons (Fsp3) is 0.545. The molecule has 4 heteroatoms. The van der Waals surface area contributed by atoms with Crippen LogP contribution in [0, 0.1) is 12.8 Å². The molecular weight excluding hydrogens is 258 g/mol. The van der Waals surface area contributed by atoms with E-state index >= 15 is 0 Å². The topological polar surface area (TPSA) is 31.4 Å². The summed E-state index contributed by atoms with van der Waals surface area (Å²) >= 11 is 3.41. The zero-order valence-electron chi connectivity index (χ0n) is 8.70. The Morgan fingerprint density at radius 2 is 2.53 bits per heavy atom. The second kappa shape index (κ2) is 4.94. The van der Waals surface area contributed by atoms with Crippen LogP contribution >= 0.6 is 15.9 Å². The van der Waals surface area contributed by atoms with E-state index in [4.69, 9.17) is 9.47 Å². The molecule has 0 spiro atoms. The first-order valence-electron chi connectivity index (χ1n) is 5.08. The van der Waals surface area contributed by atoms with E-state index in [1.165, 1.54) is 0 Å². The van der Waals surface area contributed by atoms with Gasteiger partial charge in [-0.05, 0) is 34.8 Å². The minimum atomic E-state index is 0.524. The van der Waals surface area contributed by atoms with E-state index < -0.39 is 0 Å². The summed E-state index contributed by atoms with van der Waals surface area (Å²) < 4.78 is 11.9. The van der Waals surface area contributed by atoms with Crippen molar-refractivity contribution in [1.82, 2.24) is 4.98 Å². The summed E-state index contributed by atoms with van der Waals surface area (Å²) in [4.78, 5) is 4.19. The summed E-state index contributed by atoms with van der Waals surface area (Å²) in [6.07, 6.45) is 2.87. The molecule has 0 amide bonds. The highest BCUT2D eigenvalue weighted by Gasteiger charge is 2.16. The molecule has 0 aromatic carbocycles. The number of ether oxygens (including phenoxy) is 2. The maximum Gasteiger partial charge on any atom is 0.213 e. The fourth-order valence-corrected chi connectivity index (χ4v) is 1.73. The van der Waals surface area contributed by atoms with E-state index in [0.29, 0.717) is 18.4 Å². The first kappa shape index (κ1) is 10.9. The first-order valence-corrected chi connectivity index (χ1v) is 5.87. The van der Waals surface area contributed by atoms with Gasteiger partial charge in [-0.25, -0.2) is 4.98 Å². The molecule has 1 unspecified atom stereocenters. The molecule has 15 heavy (non-hydrogen) atoms. The molecule has 1 aromatic rings. The van der Waals surface area contributed by atoms with Crippen molar-refractivity contribution in [2.24, 2.45) is 5.92 Å². The molecule has 3 nitrogen and oxygen atoms in total. The van der Waals surface area contributed by atoms with Crippen LogP contribution in [-0.2, 0) is 4.74 Å². The van der Waals surface area contributed by atoms with E-state index in [2.05, 4.69) is 20.9 Å². The Labute approximate surface area is 97.9 Å². The number of pyridine rings is 1. The van der Waals surface area contributed by atoms with Crippen LogP contribution in [0.5, 0.6) is 5.88 Å². The van der Waals surface area contributed by atoms with Crippen LogP contribution in [0.4, 0.5) is 0 Å². The minimum absolute atomic E-state index is 0.524. The standard InChI is InChI=1S/C11H14BrNO2/c1-8-4-11(13-5-10(8)12)15-7-9-2-3-14-6-9/h4-5,9H,2-3,6-7H2,1H3. The van der Waals surface area contributed by atoms with E-state index in [1.54, 1.807) is 6.20 Å². The normalized spacial score (nSPS) is 20.5. The van der Waals surface area contributed by atoms with Gasteiger partial charge in [-0.3, -0.25) is 0 Å². The Hall–Kier alpha value is -0.610. The molecule has 2 heterocycles. The second-order valence-corrected chi connectivity index (χ2v) is 4.67. The molecule has 0 bridgehead atoms. The molecule has 1 fully saturated rings. The number of hydrogen-bond donors (Lipinski definition) is 0. The van der Waals surface area contributed by atoms with Crippen LogP contribution < -0.4 is 4.74 Å². The summed E-state index contributed by atoms with van der Waals surface area (Å²) in [5.74, 6) is 1.22. The van der Waals surface area contributed by atoms with Gasteiger partial charge in [0.25, 0.3) is 0 Å². The lowest BCUT2D eigenvalue weighted by molar-refractivity contribution is 0.165. The van der Waals surface area contributed by atoms with Crippen molar-refractivity contribution >= 4 is 15.9 Å². The lowest BCUT2D eigenvalue weighted by Crippen LogP contribution is -2.12. The van der Waals surface area contributed by atoms with Crippen molar-refractivity contribution in [2.45, 2.75) is 13.3 Å². The highest BCUT2D eigenvalue weighted by Crippen LogP contribution is 2.20. The van der Waals surface area contributed by atoms with Crippen LogP contribution in [0.15, 0.2) is 16.7 Å². The number of aromatic nitrogens is 1. The van der Waals surface area contributed by atoms with Crippen molar-refractivity contribution in [3.8, 4) is 5.88 Å². The van der Waals surface area contributed by atoms with E-state index in [-0.39, 0.29) is 0 Å². The number of halogens is 1. The molecular formula is C11H14BrNO2. The van der Waals surface area contributed by atoms with Crippen molar-refractivity contribution in [2.75, 3.05) is 19.8 Å². The van der Waals surface area contributed by atoms with Gasteiger partial charge in [0, 0.05) is 29.3 Å². The van der Waals surface area contributed by atoms with Gasteiger partial charge < -0.3 is 9.47 Å². The Balaban J connectivity index is 1.90. The zero-order chi connectivity index (χ0) is 10.7. The largest absolute Gasteiger partial charge is 0.477 e. The van der Waals surface area contributed by atoms with Gasteiger partial charge >= 0.3 is 0 Å². The molecule has 1 aromatic heterocycles. The van der Waals surface area contributed by atoms with Crippen LogP contribution in [0.2, 0.25) is 0 Å². The number of rotatable bonds is 3. The lowest BCUT2D eigenvalue weighted by Gasteiger charge is -2.10. The number of aryl methyl sites for hydroxylation is 1. The first-order chi connectivity index (χ1) is 7.25. The number of nitrogens with zero attached hydrogens (tertiary/aromatic N) is 1. The van der Waals surface area contributed by atoms with Crippen LogP contribution in [0.25, 0.3) is 0 Å². The Kier molecular flexibility index (Phi) is 3.59. The molecule has 82 valence electrons. The molecule has 1 atom stereocenters. The van der Waals surface area contributed by atoms with Gasteiger partial charge in [0.2, 0.25) is 5.88 Å².